The predicted molar refractivity (Wildman–Crippen MR) is 66.6 cm³/mol. The molecule has 1 aromatic rings. The minimum absolute atomic E-state index is 0.132. The van der Waals surface area contributed by atoms with Crippen molar-refractivity contribution in [2.45, 2.75) is 57.7 Å². The molecule has 0 aliphatic rings. The molecule has 0 N–H and O–H groups in total. The second kappa shape index (κ2) is 6.35. The molecule has 0 bridgehead atoms. The number of hydrogen-bond donors (Lipinski definition) is 0. The molecule has 0 unspecified atom stereocenters. The molecule has 0 amide bonds. The van der Waals surface area contributed by atoms with E-state index in [0.29, 0.717) is 12.4 Å². The van der Waals surface area contributed by atoms with E-state index in [2.05, 4.69) is 17.1 Å². The molecule has 0 aliphatic heterocycles. The van der Waals surface area contributed by atoms with E-state index in [0.717, 1.165) is 32.1 Å². The number of rotatable bonds is 7. The predicted octanol–water partition coefficient (Wildman–Crippen LogP) is 2.35. The van der Waals surface area contributed by atoms with E-state index in [1.165, 1.54) is 0 Å². The summed E-state index contributed by atoms with van der Waals surface area (Å²) in [5.41, 5.74) is 0. The van der Waals surface area contributed by atoms with Crippen molar-refractivity contribution in [2.75, 3.05) is 0 Å². The molecule has 0 saturated heterocycles. The van der Waals surface area contributed by atoms with Crippen molar-refractivity contribution < 1.29 is 8.42 Å². The van der Waals surface area contributed by atoms with E-state index in [1.807, 2.05) is 6.92 Å². The SMILES string of the molecule is CCCCCc1nnc(S(=O)(=O)Cl)n1CCC. The van der Waals surface area contributed by atoms with Gasteiger partial charge in [0.05, 0.1) is 0 Å². The van der Waals surface area contributed by atoms with Crippen LogP contribution >= 0.6 is 10.7 Å². The first-order chi connectivity index (χ1) is 8.00. The third kappa shape index (κ3) is 3.96. The van der Waals surface area contributed by atoms with Gasteiger partial charge in [-0.3, -0.25) is 0 Å². The summed E-state index contributed by atoms with van der Waals surface area (Å²) in [4.78, 5) is 0. The van der Waals surface area contributed by atoms with E-state index in [-0.39, 0.29) is 5.16 Å². The van der Waals surface area contributed by atoms with Gasteiger partial charge in [0.1, 0.15) is 5.82 Å². The highest BCUT2D eigenvalue weighted by Crippen LogP contribution is 2.16. The number of unbranched alkanes of at least 4 members (excludes halogenated alkanes) is 2. The zero-order chi connectivity index (χ0) is 12.9. The fourth-order valence-corrected chi connectivity index (χ4v) is 2.61. The Bertz CT molecular complexity index is 456. The van der Waals surface area contributed by atoms with Gasteiger partial charge >= 0.3 is 0 Å². The second-order valence-electron chi connectivity index (χ2n) is 3.95. The first kappa shape index (κ1) is 14.4. The van der Waals surface area contributed by atoms with E-state index in [4.69, 9.17) is 10.7 Å². The fraction of sp³-hybridized carbons (Fsp3) is 0.800. The zero-order valence-corrected chi connectivity index (χ0v) is 11.8. The maximum absolute atomic E-state index is 11.3. The summed E-state index contributed by atoms with van der Waals surface area (Å²) >= 11 is 0. The van der Waals surface area contributed by atoms with Crippen LogP contribution < -0.4 is 0 Å². The van der Waals surface area contributed by atoms with Gasteiger partial charge in [0.15, 0.2) is 0 Å². The Morgan fingerprint density at radius 3 is 2.41 bits per heavy atom. The molecule has 5 nitrogen and oxygen atoms in total. The Balaban J connectivity index is 2.94. The van der Waals surface area contributed by atoms with Crippen molar-refractivity contribution in [2.24, 2.45) is 0 Å². The molecule has 0 atom stereocenters. The summed E-state index contributed by atoms with van der Waals surface area (Å²) in [7, 11) is 1.52. The second-order valence-corrected chi connectivity index (χ2v) is 6.41. The molecule has 17 heavy (non-hydrogen) atoms. The maximum atomic E-state index is 11.3. The molecule has 1 aromatic heterocycles. The van der Waals surface area contributed by atoms with Crippen LogP contribution in [0.4, 0.5) is 0 Å². The van der Waals surface area contributed by atoms with Crippen molar-refractivity contribution >= 4 is 19.7 Å². The molecule has 0 fully saturated rings. The molecule has 7 heteroatoms. The van der Waals surface area contributed by atoms with Crippen molar-refractivity contribution in [3.05, 3.63) is 5.82 Å². The van der Waals surface area contributed by atoms with Crippen LogP contribution in [0.5, 0.6) is 0 Å². The van der Waals surface area contributed by atoms with Gasteiger partial charge in [-0.05, 0) is 12.8 Å². The lowest BCUT2D eigenvalue weighted by atomic mass is 10.2. The third-order valence-electron chi connectivity index (χ3n) is 2.46. The van der Waals surface area contributed by atoms with Gasteiger partial charge in [-0.1, -0.05) is 26.7 Å². The first-order valence-electron chi connectivity index (χ1n) is 5.87. The zero-order valence-electron chi connectivity index (χ0n) is 10.2. The van der Waals surface area contributed by atoms with Crippen LogP contribution in [0.3, 0.4) is 0 Å². The van der Waals surface area contributed by atoms with Crippen molar-refractivity contribution in [3.63, 3.8) is 0 Å². The van der Waals surface area contributed by atoms with Crippen molar-refractivity contribution in [3.8, 4) is 0 Å². The van der Waals surface area contributed by atoms with Crippen LogP contribution in [0.25, 0.3) is 0 Å². The molecule has 1 rings (SSSR count). The monoisotopic (exact) mass is 279 g/mol. The number of aromatic nitrogens is 3. The number of halogens is 1. The topological polar surface area (TPSA) is 64.8 Å². The average molecular weight is 280 g/mol. The Labute approximate surface area is 107 Å². The molecule has 0 aliphatic carbocycles. The largest absolute Gasteiger partial charge is 0.301 e. The highest BCUT2D eigenvalue weighted by Gasteiger charge is 2.21. The minimum Gasteiger partial charge on any atom is -0.301 e. The standard InChI is InChI=1S/C10H18ClN3O2S/c1-3-5-6-7-9-12-13-10(17(11,15)16)14(9)8-4-2/h3-8H2,1-2H3. The van der Waals surface area contributed by atoms with Gasteiger partial charge in [-0.2, -0.15) is 0 Å². The van der Waals surface area contributed by atoms with E-state index >= 15 is 0 Å². The van der Waals surface area contributed by atoms with Gasteiger partial charge in [-0.25, -0.2) is 8.42 Å². The van der Waals surface area contributed by atoms with Crippen LogP contribution in [-0.4, -0.2) is 23.2 Å². The van der Waals surface area contributed by atoms with E-state index in [9.17, 15) is 8.42 Å². The molecule has 0 spiro atoms. The van der Waals surface area contributed by atoms with Crippen LogP contribution in [0.2, 0.25) is 0 Å². The normalized spacial score (nSPS) is 11.9. The summed E-state index contributed by atoms with van der Waals surface area (Å²) in [6.45, 7) is 4.67. The molecule has 0 radical (unpaired) electrons. The van der Waals surface area contributed by atoms with Crippen molar-refractivity contribution in [1.82, 2.24) is 14.8 Å². The lowest BCUT2D eigenvalue weighted by Gasteiger charge is -2.06. The smallest absolute Gasteiger partial charge is 0.296 e. The highest BCUT2D eigenvalue weighted by molar-refractivity contribution is 8.13. The molecule has 98 valence electrons. The molecular weight excluding hydrogens is 262 g/mol. The van der Waals surface area contributed by atoms with Gasteiger partial charge < -0.3 is 4.57 Å². The summed E-state index contributed by atoms with van der Waals surface area (Å²) in [6, 6.07) is 0. The van der Waals surface area contributed by atoms with Crippen molar-refractivity contribution in [1.29, 1.82) is 0 Å². The van der Waals surface area contributed by atoms with Gasteiger partial charge in [0, 0.05) is 23.6 Å². The molecular formula is C10H18ClN3O2S. The number of nitrogens with zero attached hydrogens (tertiary/aromatic N) is 3. The Morgan fingerprint density at radius 1 is 1.18 bits per heavy atom. The fourth-order valence-electron chi connectivity index (χ4n) is 1.67. The van der Waals surface area contributed by atoms with E-state index < -0.39 is 9.05 Å². The van der Waals surface area contributed by atoms with Gasteiger partial charge in [0.2, 0.25) is 0 Å². The van der Waals surface area contributed by atoms with Crippen LogP contribution in [0, 0.1) is 0 Å². The highest BCUT2D eigenvalue weighted by atomic mass is 35.7. The van der Waals surface area contributed by atoms with Gasteiger partial charge in [-0.15, -0.1) is 10.2 Å². The van der Waals surface area contributed by atoms with Crippen LogP contribution in [-0.2, 0) is 22.0 Å². The Kier molecular flexibility index (Phi) is 5.39. The molecule has 1 heterocycles. The number of aryl methyl sites for hydroxylation is 1. The van der Waals surface area contributed by atoms with Crippen LogP contribution in [0.1, 0.15) is 45.4 Å². The number of hydrogen-bond acceptors (Lipinski definition) is 4. The summed E-state index contributed by atoms with van der Waals surface area (Å²) in [5.74, 6) is 0.708. The quantitative estimate of drug-likeness (QED) is 0.568. The lowest BCUT2D eigenvalue weighted by molar-refractivity contribution is 0.549. The molecule has 0 saturated carbocycles. The summed E-state index contributed by atoms with van der Waals surface area (Å²) in [5, 5.41) is 7.47. The minimum atomic E-state index is -3.80. The van der Waals surface area contributed by atoms with E-state index in [1.54, 1.807) is 4.57 Å². The summed E-state index contributed by atoms with van der Waals surface area (Å²) < 4.78 is 24.2. The third-order valence-corrected chi connectivity index (χ3v) is 3.61. The summed E-state index contributed by atoms with van der Waals surface area (Å²) in [6.07, 6.45) is 4.76. The average Bonchev–Trinajstić information content (AvgIpc) is 2.62. The Morgan fingerprint density at radius 2 is 1.88 bits per heavy atom. The first-order valence-corrected chi connectivity index (χ1v) is 8.18. The Hall–Kier alpha value is -0.620. The maximum Gasteiger partial charge on any atom is 0.296 e. The van der Waals surface area contributed by atoms with Gasteiger partial charge in [0.25, 0.3) is 14.2 Å². The molecule has 0 aromatic carbocycles. The van der Waals surface area contributed by atoms with Crippen LogP contribution in [0.15, 0.2) is 5.16 Å². The lowest BCUT2D eigenvalue weighted by Crippen LogP contribution is -2.09.